The Balaban J connectivity index is 2.46. The van der Waals surface area contributed by atoms with Crippen molar-refractivity contribution in [3.8, 4) is 0 Å². The van der Waals surface area contributed by atoms with Crippen LogP contribution in [0.15, 0.2) is 0 Å². The number of aliphatic hydroxyl groups excluding tert-OH is 1. The lowest BCUT2D eigenvalue weighted by molar-refractivity contribution is -0.845. The van der Waals surface area contributed by atoms with Crippen molar-refractivity contribution in [2.75, 3.05) is 26.7 Å². The summed E-state index contributed by atoms with van der Waals surface area (Å²) in [7, 11) is 1.97. The molecule has 0 saturated carbocycles. The Morgan fingerprint density at radius 2 is 1.89 bits per heavy atom. The van der Waals surface area contributed by atoms with E-state index in [1.165, 1.54) is 0 Å². The number of quaternary nitrogens is 1. The van der Waals surface area contributed by atoms with Gasteiger partial charge in [-0.05, 0) is 39.5 Å². The third-order valence-corrected chi connectivity index (χ3v) is 3.67. The molecule has 1 fully saturated rings. The Hall–Kier alpha value is -0.610. The zero-order valence-electron chi connectivity index (χ0n) is 12.2. The van der Waals surface area contributed by atoms with Gasteiger partial charge in [-0.3, -0.25) is 0 Å². The van der Waals surface area contributed by atoms with Gasteiger partial charge in [0.25, 0.3) is 0 Å². The molecule has 0 aromatic heterocycles. The SMILES string of the molecule is CC(C)(C)OC(=O)[N+]1(C)CCC(CCCO)CC1. The lowest BCUT2D eigenvalue weighted by Gasteiger charge is -2.38. The summed E-state index contributed by atoms with van der Waals surface area (Å²) >= 11 is 0. The molecule has 106 valence electrons. The van der Waals surface area contributed by atoms with Gasteiger partial charge in [-0.25, -0.2) is 4.48 Å². The van der Waals surface area contributed by atoms with Gasteiger partial charge in [-0.15, -0.1) is 0 Å². The number of ether oxygens (including phenoxy) is 1. The zero-order chi connectivity index (χ0) is 13.8. The van der Waals surface area contributed by atoms with Gasteiger partial charge in [0.15, 0.2) is 0 Å². The second-order valence-corrected chi connectivity index (χ2v) is 6.63. The Kier molecular flexibility index (Phi) is 5.17. The third kappa shape index (κ3) is 4.58. The summed E-state index contributed by atoms with van der Waals surface area (Å²) in [5.74, 6) is 0.658. The standard InChI is InChI=1S/C14H28NO3/c1-14(2,3)18-13(17)15(4)9-7-12(8-10-15)6-5-11-16/h12,16H,5-11H2,1-4H3/q+1. The summed E-state index contributed by atoms with van der Waals surface area (Å²) in [6, 6.07) is 0. The van der Waals surface area contributed by atoms with E-state index in [1.807, 2.05) is 27.8 Å². The van der Waals surface area contributed by atoms with Crippen molar-refractivity contribution in [1.29, 1.82) is 0 Å². The molecule has 4 heteroatoms. The summed E-state index contributed by atoms with van der Waals surface area (Å²) in [6.45, 7) is 7.70. The molecule has 0 aromatic rings. The molecule has 0 bridgehead atoms. The molecule has 1 saturated heterocycles. The van der Waals surface area contributed by atoms with Crippen LogP contribution in [0, 0.1) is 5.92 Å². The smallest absolute Gasteiger partial charge is 0.414 e. The van der Waals surface area contributed by atoms with Crippen LogP contribution in [0.5, 0.6) is 0 Å². The number of hydrogen-bond donors (Lipinski definition) is 1. The van der Waals surface area contributed by atoms with Crippen molar-refractivity contribution in [2.24, 2.45) is 5.92 Å². The molecule has 1 aliphatic rings. The minimum absolute atomic E-state index is 0.108. The maximum atomic E-state index is 12.2. The van der Waals surface area contributed by atoms with Crippen molar-refractivity contribution in [1.82, 2.24) is 0 Å². The normalized spacial score (nSPS) is 29.1. The molecule has 1 N–H and O–H groups in total. The summed E-state index contributed by atoms with van der Waals surface area (Å²) in [4.78, 5) is 12.2. The topological polar surface area (TPSA) is 46.5 Å². The molecule has 1 aliphatic heterocycles. The highest BCUT2D eigenvalue weighted by Crippen LogP contribution is 2.27. The Morgan fingerprint density at radius 1 is 1.33 bits per heavy atom. The molecule has 1 amide bonds. The van der Waals surface area contributed by atoms with E-state index in [-0.39, 0.29) is 12.7 Å². The zero-order valence-corrected chi connectivity index (χ0v) is 12.2. The molecule has 0 unspecified atom stereocenters. The fourth-order valence-electron chi connectivity index (χ4n) is 2.41. The molecule has 0 spiro atoms. The minimum atomic E-state index is -0.411. The van der Waals surface area contributed by atoms with Crippen molar-refractivity contribution in [2.45, 2.75) is 52.1 Å². The van der Waals surface area contributed by atoms with Crippen LogP contribution < -0.4 is 0 Å². The van der Waals surface area contributed by atoms with Crippen LogP contribution in [0.4, 0.5) is 4.79 Å². The number of carbonyl (C=O) groups is 1. The number of hydrogen-bond acceptors (Lipinski definition) is 3. The summed E-state index contributed by atoms with van der Waals surface area (Å²) in [5.41, 5.74) is -0.411. The van der Waals surface area contributed by atoms with Crippen molar-refractivity contribution >= 4 is 6.09 Å². The van der Waals surface area contributed by atoms with E-state index >= 15 is 0 Å². The van der Waals surface area contributed by atoms with Crippen molar-refractivity contribution in [3.63, 3.8) is 0 Å². The molecule has 18 heavy (non-hydrogen) atoms. The van der Waals surface area contributed by atoms with Crippen LogP contribution in [0.3, 0.4) is 0 Å². The Labute approximate surface area is 111 Å². The monoisotopic (exact) mass is 258 g/mol. The largest absolute Gasteiger partial charge is 0.516 e. The van der Waals surface area contributed by atoms with E-state index in [1.54, 1.807) is 0 Å². The quantitative estimate of drug-likeness (QED) is 0.791. The number of amides is 1. The van der Waals surface area contributed by atoms with Crippen LogP contribution in [-0.2, 0) is 4.74 Å². The highest BCUT2D eigenvalue weighted by atomic mass is 16.6. The third-order valence-electron chi connectivity index (χ3n) is 3.67. The first-order valence-corrected chi connectivity index (χ1v) is 6.96. The summed E-state index contributed by atoms with van der Waals surface area (Å²) in [6.07, 6.45) is 3.94. The molecule has 1 heterocycles. The van der Waals surface area contributed by atoms with Gasteiger partial charge in [0.2, 0.25) is 0 Å². The lowest BCUT2D eigenvalue weighted by atomic mass is 9.91. The summed E-state index contributed by atoms with van der Waals surface area (Å²) in [5, 5.41) is 8.84. The summed E-state index contributed by atoms with van der Waals surface area (Å²) < 4.78 is 5.89. The van der Waals surface area contributed by atoms with Gasteiger partial charge in [0.05, 0.1) is 20.1 Å². The minimum Gasteiger partial charge on any atom is -0.414 e. The molecule has 0 aliphatic carbocycles. The van der Waals surface area contributed by atoms with Crippen molar-refractivity contribution in [3.05, 3.63) is 0 Å². The molecule has 4 nitrogen and oxygen atoms in total. The predicted octanol–water partition coefficient (Wildman–Crippen LogP) is 2.55. The van der Waals surface area contributed by atoms with E-state index in [2.05, 4.69) is 0 Å². The first-order valence-electron chi connectivity index (χ1n) is 6.96. The average Bonchev–Trinajstić information content (AvgIpc) is 2.26. The first kappa shape index (κ1) is 15.4. The number of carbonyl (C=O) groups excluding carboxylic acids is 1. The second-order valence-electron chi connectivity index (χ2n) is 6.63. The highest BCUT2D eigenvalue weighted by Gasteiger charge is 2.40. The van der Waals surface area contributed by atoms with Gasteiger partial charge in [0, 0.05) is 19.4 Å². The maximum Gasteiger partial charge on any atom is 0.516 e. The van der Waals surface area contributed by atoms with Gasteiger partial charge >= 0.3 is 6.09 Å². The molecular formula is C14H28NO3+. The van der Waals surface area contributed by atoms with Crippen LogP contribution in [-0.4, -0.2) is 48.0 Å². The second kappa shape index (κ2) is 6.02. The van der Waals surface area contributed by atoms with E-state index in [4.69, 9.17) is 9.84 Å². The van der Waals surface area contributed by atoms with E-state index in [9.17, 15) is 4.79 Å². The van der Waals surface area contributed by atoms with E-state index < -0.39 is 5.60 Å². The fraction of sp³-hybridized carbons (Fsp3) is 0.929. The molecule has 0 radical (unpaired) electrons. The lowest BCUT2D eigenvalue weighted by Crippen LogP contribution is -2.55. The van der Waals surface area contributed by atoms with Gasteiger partial charge in [-0.2, -0.15) is 4.79 Å². The number of nitrogens with zero attached hydrogens (tertiary/aromatic N) is 1. The fourth-order valence-corrected chi connectivity index (χ4v) is 2.41. The number of aliphatic hydroxyl groups is 1. The van der Waals surface area contributed by atoms with Gasteiger partial charge < -0.3 is 9.84 Å². The number of likely N-dealkylation sites (tertiary alicyclic amines) is 1. The predicted molar refractivity (Wildman–Crippen MR) is 71.2 cm³/mol. The first-order chi connectivity index (χ1) is 8.27. The molecule has 0 atom stereocenters. The average molecular weight is 258 g/mol. The molecular weight excluding hydrogens is 230 g/mol. The maximum absolute atomic E-state index is 12.2. The van der Waals surface area contributed by atoms with Crippen molar-refractivity contribution < 1.29 is 19.1 Å². The molecule has 0 aromatic carbocycles. The van der Waals surface area contributed by atoms with Gasteiger partial charge in [0.1, 0.15) is 5.60 Å². The van der Waals surface area contributed by atoms with Gasteiger partial charge in [-0.1, -0.05) is 0 Å². The Bertz CT molecular complexity index is 275. The highest BCUT2D eigenvalue weighted by molar-refractivity contribution is 5.60. The van der Waals surface area contributed by atoms with Crippen LogP contribution in [0.2, 0.25) is 0 Å². The van der Waals surface area contributed by atoms with Crippen LogP contribution >= 0.6 is 0 Å². The number of rotatable bonds is 3. The number of piperidine rings is 1. The van der Waals surface area contributed by atoms with E-state index in [0.717, 1.165) is 38.8 Å². The van der Waals surface area contributed by atoms with Crippen LogP contribution in [0.1, 0.15) is 46.5 Å². The van der Waals surface area contributed by atoms with E-state index in [0.29, 0.717) is 10.4 Å². The molecule has 1 rings (SSSR count). The van der Waals surface area contributed by atoms with Crippen LogP contribution in [0.25, 0.3) is 0 Å². The Morgan fingerprint density at radius 3 is 2.33 bits per heavy atom.